The van der Waals surface area contributed by atoms with Gasteiger partial charge in [-0.05, 0) is 6.92 Å². The van der Waals surface area contributed by atoms with Crippen LogP contribution in [0, 0.1) is 0 Å². The zero-order chi connectivity index (χ0) is 11.7. The lowest BCUT2D eigenvalue weighted by molar-refractivity contribution is 0.0735. The van der Waals surface area contributed by atoms with Crippen LogP contribution in [-0.2, 0) is 6.54 Å². The van der Waals surface area contributed by atoms with Crippen molar-refractivity contribution in [1.29, 1.82) is 0 Å². The van der Waals surface area contributed by atoms with Gasteiger partial charge in [-0.15, -0.1) is 6.58 Å². The van der Waals surface area contributed by atoms with Crippen molar-refractivity contribution in [1.82, 2.24) is 14.9 Å². The molecule has 1 aliphatic heterocycles. The van der Waals surface area contributed by atoms with Crippen molar-refractivity contribution >= 4 is 11.7 Å². The number of amides is 1. The summed E-state index contributed by atoms with van der Waals surface area (Å²) in [5, 5.41) is 12.1. The van der Waals surface area contributed by atoms with Crippen molar-refractivity contribution < 1.29 is 9.90 Å². The molecule has 0 aromatic carbocycles. The molecule has 0 radical (unpaired) electrons. The van der Waals surface area contributed by atoms with Crippen LogP contribution in [0.2, 0.25) is 0 Å². The van der Waals surface area contributed by atoms with E-state index in [9.17, 15) is 9.90 Å². The van der Waals surface area contributed by atoms with Gasteiger partial charge in [0.2, 0.25) is 6.35 Å². The highest BCUT2D eigenvalue weighted by atomic mass is 16.3. The zero-order valence-electron chi connectivity index (χ0n) is 9.05. The molecule has 2 heterocycles. The predicted octanol–water partition coefficient (Wildman–Crippen LogP) is -0.0853. The average molecular weight is 222 g/mol. The average Bonchev–Trinajstić information content (AvgIpc) is 2.63. The first-order valence-electron chi connectivity index (χ1n) is 5.10. The number of nitrogens with one attached hydrogen (secondary N) is 1. The van der Waals surface area contributed by atoms with Gasteiger partial charge in [-0.1, -0.05) is 6.08 Å². The largest absolute Gasteiger partial charge is 0.356 e. The summed E-state index contributed by atoms with van der Waals surface area (Å²) < 4.78 is 1.70. The Kier molecular flexibility index (Phi) is 2.66. The number of hydrogen-bond acceptors (Lipinski definition) is 4. The highest BCUT2D eigenvalue weighted by Crippen LogP contribution is 2.23. The van der Waals surface area contributed by atoms with Gasteiger partial charge in [0.05, 0.1) is 6.33 Å². The fraction of sp³-hybridized carbons (Fsp3) is 0.400. The van der Waals surface area contributed by atoms with E-state index in [1.807, 2.05) is 6.92 Å². The lowest BCUT2D eigenvalue weighted by Gasteiger charge is -2.32. The van der Waals surface area contributed by atoms with Crippen molar-refractivity contribution in [2.45, 2.75) is 19.8 Å². The smallest absolute Gasteiger partial charge is 0.275 e. The number of aromatic nitrogens is 2. The molecule has 16 heavy (non-hydrogen) atoms. The molecule has 1 aromatic heterocycles. The Morgan fingerprint density at radius 1 is 1.75 bits per heavy atom. The molecule has 0 saturated carbocycles. The molecule has 0 aliphatic carbocycles. The summed E-state index contributed by atoms with van der Waals surface area (Å²) in [6.07, 6.45) is 2.26. The fourth-order valence-corrected chi connectivity index (χ4v) is 1.79. The van der Waals surface area contributed by atoms with Crippen LogP contribution >= 0.6 is 0 Å². The van der Waals surface area contributed by atoms with Crippen LogP contribution in [0.15, 0.2) is 19.0 Å². The molecule has 2 N–H and O–H groups in total. The van der Waals surface area contributed by atoms with Crippen LogP contribution in [0.25, 0.3) is 0 Å². The Balaban J connectivity index is 2.47. The molecule has 6 nitrogen and oxygen atoms in total. The Hall–Kier alpha value is -1.82. The van der Waals surface area contributed by atoms with Crippen LogP contribution in [-0.4, -0.2) is 33.5 Å². The molecule has 1 aliphatic rings. The Morgan fingerprint density at radius 3 is 3.12 bits per heavy atom. The number of rotatable bonds is 3. The number of aliphatic hydroxyl groups excluding tert-OH is 1. The van der Waals surface area contributed by atoms with Crippen molar-refractivity contribution in [3.8, 4) is 0 Å². The monoisotopic (exact) mass is 222 g/mol. The molecule has 1 aromatic rings. The molecular weight excluding hydrogens is 208 g/mol. The molecule has 86 valence electrons. The first-order valence-corrected chi connectivity index (χ1v) is 5.10. The van der Waals surface area contributed by atoms with E-state index in [0.717, 1.165) is 0 Å². The minimum absolute atomic E-state index is 0.313. The lowest BCUT2D eigenvalue weighted by Crippen LogP contribution is -2.53. The maximum absolute atomic E-state index is 11.7. The van der Waals surface area contributed by atoms with E-state index in [2.05, 4.69) is 16.9 Å². The second kappa shape index (κ2) is 3.97. The third-order valence-electron chi connectivity index (χ3n) is 2.53. The standard InChI is InChI=1S/C10H14N4O2/c1-3-5-13-6-11-8-7(13)9(15)12-10(16)14(8)4-2/h3,6,10,16H,1,4-5H2,2H3,(H,12,15). The molecule has 2 rings (SSSR count). The number of imidazole rings is 1. The fourth-order valence-electron chi connectivity index (χ4n) is 1.79. The number of allylic oxidation sites excluding steroid dienone is 1. The lowest BCUT2D eigenvalue weighted by atomic mass is 10.3. The number of nitrogens with zero attached hydrogens (tertiary/aromatic N) is 3. The molecule has 1 unspecified atom stereocenters. The highest BCUT2D eigenvalue weighted by molar-refractivity contribution is 5.99. The summed E-state index contributed by atoms with van der Waals surface area (Å²) in [4.78, 5) is 17.5. The first kappa shape index (κ1) is 10.7. The number of carbonyl (C=O) groups is 1. The van der Waals surface area contributed by atoms with Crippen LogP contribution < -0.4 is 10.2 Å². The van der Waals surface area contributed by atoms with Crippen molar-refractivity contribution in [3.63, 3.8) is 0 Å². The van der Waals surface area contributed by atoms with Gasteiger partial charge in [0.15, 0.2) is 11.5 Å². The van der Waals surface area contributed by atoms with E-state index in [0.29, 0.717) is 24.6 Å². The molecule has 1 amide bonds. The van der Waals surface area contributed by atoms with E-state index in [1.165, 1.54) is 0 Å². The number of anilines is 1. The number of fused-ring (bicyclic) bond motifs is 1. The molecule has 0 spiro atoms. The topological polar surface area (TPSA) is 70.4 Å². The van der Waals surface area contributed by atoms with E-state index in [1.54, 1.807) is 21.9 Å². The maximum atomic E-state index is 11.7. The van der Waals surface area contributed by atoms with Crippen molar-refractivity contribution in [2.24, 2.45) is 0 Å². The maximum Gasteiger partial charge on any atom is 0.275 e. The van der Waals surface area contributed by atoms with Gasteiger partial charge in [0, 0.05) is 13.1 Å². The van der Waals surface area contributed by atoms with Gasteiger partial charge >= 0.3 is 0 Å². The van der Waals surface area contributed by atoms with Gasteiger partial charge in [-0.3, -0.25) is 4.79 Å². The molecule has 0 saturated heterocycles. The summed E-state index contributed by atoms with van der Waals surface area (Å²) >= 11 is 0. The van der Waals surface area contributed by atoms with Crippen molar-refractivity contribution in [3.05, 3.63) is 24.7 Å². The highest BCUT2D eigenvalue weighted by Gasteiger charge is 2.32. The van der Waals surface area contributed by atoms with Gasteiger partial charge in [0.25, 0.3) is 5.91 Å². The third kappa shape index (κ3) is 1.47. The minimum Gasteiger partial charge on any atom is -0.356 e. The number of carbonyl (C=O) groups excluding carboxylic acids is 1. The predicted molar refractivity (Wildman–Crippen MR) is 58.9 cm³/mol. The Bertz CT molecular complexity index is 426. The second-order valence-corrected chi connectivity index (χ2v) is 3.49. The minimum atomic E-state index is -1.00. The summed E-state index contributed by atoms with van der Waals surface area (Å²) in [7, 11) is 0. The Labute approximate surface area is 93.2 Å². The number of aliphatic hydroxyl groups is 1. The molecule has 6 heteroatoms. The summed E-state index contributed by atoms with van der Waals surface area (Å²) in [5.74, 6) is 0.201. The molecular formula is C10H14N4O2. The SMILES string of the molecule is C=CCn1cnc2c1C(=O)NC(O)N2CC. The van der Waals surface area contributed by atoms with Gasteiger partial charge in [-0.2, -0.15) is 0 Å². The molecule has 0 bridgehead atoms. The number of hydrogen-bond donors (Lipinski definition) is 2. The van der Waals surface area contributed by atoms with Crippen LogP contribution in [0.5, 0.6) is 0 Å². The quantitative estimate of drug-likeness (QED) is 0.701. The van der Waals surface area contributed by atoms with Gasteiger partial charge in [0.1, 0.15) is 0 Å². The van der Waals surface area contributed by atoms with E-state index in [4.69, 9.17) is 0 Å². The summed E-state index contributed by atoms with van der Waals surface area (Å²) in [6.45, 7) is 6.59. The van der Waals surface area contributed by atoms with Crippen LogP contribution in [0.1, 0.15) is 17.4 Å². The van der Waals surface area contributed by atoms with E-state index >= 15 is 0 Å². The molecule has 0 fully saturated rings. The van der Waals surface area contributed by atoms with Crippen molar-refractivity contribution in [2.75, 3.05) is 11.4 Å². The van der Waals surface area contributed by atoms with E-state index < -0.39 is 6.35 Å². The van der Waals surface area contributed by atoms with Gasteiger partial charge in [-0.25, -0.2) is 4.98 Å². The van der Waals surface area contributed by atoms with E-state index in [-0.39, 0.29) is 5.91 Å². The second-order valence-electron chi connectivity index (χ2n) is 3.49. The first-order chi connectivity index (χ1) is 7.69. The normalized spacial score (nSPS) is 19.2. The van der Waals surface area contributed by atoms with Crippen LogP contribution in [0.4, 0.5) is 5.82 Å². The summed E-state index contributed by atoms with van der Waals surface area (Å²) in [5.41, 5.74) is 0.465. The van der Waals surface area contributed by atoms with Crippen LogP contribution in [0.3, 0.4) is 0 Å². The third-order valence-corrected chi connectivity index (χ3v) is 2.53. The summed E-state index contributed by atoms with van der Waals surface area (Å²) in [6, 6.07) is 0. The van der Waals surface area contributed by atoms with Gasteiger partial charge < -0.3 is 19.9 Å². The molecule has 1 atom stereocenters. The zero-order valence-corrected chi connectivity index (χ0v) is 9.05. The Morgan fingerprint density at radius 2 is 2.50 bits per heavy atom.